The number of hydrogen-bond acceptors (Lipinski definition) is 4. The molecule has 0 unspecified atom stereocenters. The van der Waals surface area contributed by atoms with E-state index in [1.807, 2.05) is 6.92 Å². The summed E-state index contributed by atoms with van der Waals surface area (Å²) in [5, 5.41) is 17.1. The second-order valence-electron chi connectivity index (χ2n) is 3.64. The van der Waals surface area contributed by atoms with Crippen LogP contribution in [0.4, 0.5) is 0 Å². The third-order valence-corrected chi connectivity index (χ3v) is 2.29. The molecule has 0 saturated carbocycles. The van der Waals surface area contributed by atoms with Crippen molar-refractivity contribution in [3.8, 4) is 0 Å². The van der Waals surface area contributed by atoms with Gasteiger partial charge in [-0.1, -0.05) is 6.92 Å². The number of aliphatic carboxylic acids is 1. The van der Waals surface area contributed by atoms with Crippen molar-refractivity contribution in [1.29, 1.82) is 0 Å². The number of carboxylic acids is 1. The Morgan fingerprint density at radius 2 is 1.93 bits per heavy atom. The Balaban J connectivity index is 4.17. The average molecular weight is 218 g/mol. The fraction of sp³-hybridized carbons (Fsp3) is 0.800. The molecule has 2 N–H and O–H groups in total. The third-order valence-electron chi connectivity index (χ3n) is 2.29. The van der Waals surface area contributed by atoms with Crippen molar-refractivity contribution in [2.24, 2.45) is 0 Å². The van der Waals surface area contributed by atoms with Gasteiger partial charge in [-0.15, -0.1) is 0 Å². The van der Waals surface area contributed by atoms with Crippen LogP contribution in [0.5, 0.6) is 0 Å². The molecular weight excluding hydrogens is 200 g/mol. The van der Waals surface area contributed by atoms with E-state index in [9.17, 15) is 9.59 Å². The fourth-order valence-electron chi connectivity index (χ4n) is 1.09. The molecule has 0 aromatic heterocycles. The Bertz CT molecular complexity index is 226. The van der Waals surface area contributed by atoms with E-state index < -0.39 is 17.5 Å². The molecule has 0 radical (unpaired) electrons. The number of aliphatic hydroxyl groups is 1. The summed E-state index contributed by atoms with van der Waals surface area (Å²) >= 11 is 0. The summed E-state index contributed by atoms with van der Waals surface area (Å²) in [6.07, 6.45) is 0.757. The van der Waals surface area contributed by atoms with Gasteiger partial charge in [-0.2, -0.15) is 0 Å². The Morgan fingerprint density at radius 3 is 2.33 bits per heavy atom. The molecule has 0 aliphatic rings. The van der Waals surface area contributed by atoms with Gasteiger partial charge in [0.1, 0.15) is 5.60 Å². The van der Waals surface area contributed by atoms with E-state index in [2.05, 4.69) is 0 Å². The third kappa shape index (κ3) is 6.06. The summed E-state index contributed by atoms with van der Waals surface area (Å²) in [6, 6.07) is 0. The van der Waals surface area contributed by atoms with Crippen LogP contribution in [0, 0.1) is 0 Å². The normalized spacial score (nSPS) is 14.3. The van der Waals surface area contributed by atoms with Crippen molar-refractivity contribution in [2.45, 2.75) is 45.1 Å². The standard InChI is InChI=1S/C10H18O5/c1-3-10(2,6-4-8(12)13)15-9(14)5-7-11/h11H,3-7H2,1-2H3,(H,12,13)/t10-/m1/s1. The molecule has 0 aliphatic heterocycles. The maximum Gasteiger partial charge on any atom is 0.308 e. The summed E-state index contributed by atoms with van der Waals surface area (Å²) in [6.45, 7) is 3.27. The van der Waals surface area contributed by atoms with Gasteiger partial charge in [-0.3, -0.25) is 9.59 Å². The van der Waals surface area contributed by atoms with Gasteiger partial charge >= 0.3 is 11.9 Å². The second kappa shape index (κ2) is 6.40. The minimum atomic E-state index is -0.909. The van der Waals surface area contributed by atoms with Crippen LogP contribution < -0.4 is 0 Å². The van der Waals surface area contributed by atoms with Gasteiger partial charge in [0, 0.05) is 6.42 Å². The van der Waals surface area contributed by atoms with Crippen molar-refractivity contribution < 1.29 is 24.5 Å². The van der Waals surface area contributed by atoms with Crippen molar-refractivity contribution in [1.82, 2.24) is 0 Å². The molecule has 5 nitrogen and oxygen atoms in total. The van der Waals surface area contributed by atoms with E-state index in [0.29, 0.717) is 6.42 Å². The minimum absolute atomic E-state index is 0.0310. The van der Waals surface area contributed by atoms with Crippen molar-refractivity contribution in [3.63, 3.8) is 0 Å². The van der Waals surface area contributed by atoms with Crippen LogP contribution in [0.3, 0.4) is 0 Å². The number of aliphatic hydroxyl groups excluding tert-OH is 1. The number of hydrogen-bond donors (Lipinski definition) is 2. The maximum atomic E-state index is 11.1. The molecule has 0 bridgehead atoms. The topological polar surface area (TPSA) is 83.8 Å². The molecule has 0 aliphatic carbocycles. The lowest BCUT2D eigenvalue weighted by atomic mass is 9.97. The van der Waals surface area contributed by atoms with E-state index in [0.717, 1.165) is 0 Å². The van der Waals surface area contributed by atoms with Crippen molar-refractivity contribution in [2.75, 3.05) is 6.61 Å². The lowest BCUT2D eigenvalue weighted by Crippen LogP contribution is -2.32. The van der Waals surface area contributed by atoms with Gasteiger partial charge in [-0.25, -0.2) is 0 Å². The number of carboxylic acid groups (broad SMARTS) is 1. The van der Waals surface area contributed by atoms with Gasteiger partial charge in [0.15, 0.2) is 0 Å². The highest BCUT2D eigenvalue weighted by atomic mass is 16.6. The van der Waals surface area contributed by atoms with Gasteiger partial charge in [-0.05, 0) is 19.8 Å². The van der Waals surface area contributed by atoms with Crippen LogP contribution in [-0.4, -0.2) is 34.4 Å². The Morgan fingerprint density at radius 1 is 1.33 bits per heavy atom. The summed E-state index contributed by atoms with van der Waals surface area (Å²) in [5.74, 6) is -1.40. The van der Waals surface area contributed by atoms with Gasteiger partial charge in [0.2, 0.25) is 0 Å². The Labute approximate surface area is 89.0 Å². The minimum Gasteiger partial charge on any atom is -0.481 e. The zero-order valence-corrected chi connectivity index (χ0v) is 9.15. The van der Waals surface area contributed by atoms with Crippen LogP contribution in [0.25, 0.3) is 0 Å². The fourth-order valence-corrected chi connectivity index (χ4v) is 1.09. The van der Waals surface area contributed by atoms with Crippen molar-refractivity contribution >= 4 is 11.9 Å². The summed E-state index contributed by atoms with van der Waals surface area (Å²) in [4.78, 5) is 21.5. The van der Waals surface area contributed by atoms with E-state index in [4.69, 9.17) is 14.9 Å². The highest BCUT2D eigenvalue weighted by Gasteiger charge is 2.27. The number of rotatable bonds is 7. The molecular formula is C10H18O5. The second-order valence-corrected chi connectivity index (χ2v) is 3.64. The maximum absolute atomic E-state index is 11.1. The number of ether oxygens (including phenoxy) is 1. The molecule has 15 heavy (non-hydrogen) atoms. The first kappa shape index (κ1) is 13.9. The van der Waals surface area contributed by atoms with Crippen LogP contribution >= 0.6 is 0 Å². The molecule has 0 spiro atoms. The van der Waals surface area contributed by atoms with Gasteiger partial charge < -0.3 is 14.9 Å². The zero-order valence-electron chi connectivity index (χ0n) is 9.15. The van der Waals surface area contributed by atoms with Crippen LogP contribution in [-0.2, 0) is 14.3 Å². The smallest absolute Gasteiger partial charge is 0.308 e. The average Bonchev–Trinajstić information content (AvgIpc) is 2.15. The Hall–Kier alpha value is -1.10. The molecule has 0 heterocycles. The largest absolute Gasteiger partial charge is 0.481 e. The molecule has 0 aromatic carbocycles. The number of carbonyl (C=O) groups excluding carboxylic acids is 1. The number of carbonyl (C=O) groups is 2. The lowest BCUT2D eigenvalue weighted by Gasteiger charge is -2.27. The molecule has 88 valence electrons. The zero-order chi connectivity index (χ0) is 11.9. The van der Waals surface area contributed by atoms with Crippen LogP contribution in [0.2, 0.25) is 0 Å². The first-order valence-corrected chi connectivity index (χ1v) is 4.98. The highest BCUT2D eigenvalue weighted by molar-refractivity contribution is 5.70. The Kier molecular flexibility index (Phi) is 5.93. The van der Waals surface area contributed by atoms with E-state index >= 15 is 0 Å². The quantitative estimate of drug-likeness (QED) is 0.621. The molecule has 0 fully saturated rings. The molecule has 0 rings (SSSR count). The first-order chi connectivity index (χ1) is 6.93. The molecule has 0 saturated heterocycles. The van der Waals surface area contributed by atoms with Crippen LogP contribution in [0.15, 0.2) is 0 Å². The van der Waals surface area contributed by atoms with Gasteiger partial charge in [0.25, 0.3) is 0 Å². The summed E-state index contributed by atoms with van der Waals surface area (Å²) in [5.41, 5.74) is -0.745. The number of esters is 1. The highest BCUT2D eigenvalue weighted by Crippen LogP contribution is 2.22. The summed E-state index contributed by atoms with van der Waals surface area (Å²) in [7, 11) is 0. The van der Waals surface area contributed by atoms with Crippen LogP contribution in [0.1, 0.15) is 39.5 Å². The molecule has 5 heteroatoms. The molecule has 1 atom stereocenters. The van der Waals surface area contributed by atoms with E-state index in [1.165, 1.54) is 0 Å². The first-order valence-electron chi connectivity index (χ1n) is 4.98. The van der Waals surface area contributed by atoms with Gasteiger partial charge in [0.05, 0.1) is 13.0 Å². The van der Waals surface area contributed by atoms with E-state index in [-0.39, 0.29) is 25.9 Å². The van der Waals surface area contributed by atoms with Crippen molar-refractivity contribution in [3.05, 3.63) is 0 Å². The SMILES string of the molecule is CC[C@](C)(CCC(=O)O)OC(=O)CCO. The molecule has 0 aromatic rings. The summed E-state index contributed by atoms with van der Waals surface area (Å²) < 4.78 is 5.12. The predicted molar refractivity (Wildman–Crippen MR) is 53.4 cm³/mol. The molecule has 0 amide bonds. The lowest BCUT2D eigenvalue weighted by molar-refractivity contribution is -0.161. The predicted octanol–water partition coefficient (Wildman–Crippen LogP) is 0.946. The van der Waals surface area contributed by atoms with E-state index in [1.54, 1.807) is 6.92 Å². The monoisotopic (exact) mass is 218 g/mol.